The summed E-state index contributed by atoms with van der Waals surface area (Å²) in [7, 11) is 14.9. The Hall–Kier alpha value is -1.65. The standard InChI is InChI=1S/C21H27N2.C15H24OSi.2ClH.Ru/c1-14-9-16(3)20(17(4)10-14)22-7-8-23(13-22)21-18(5)11-15(2)12-19(21)6;1-8-17(6,7)14-9-10-15(13(4)11-14)16(5)12(2)3;;;/h9-13H,7-8H2,1-6H3;4,9-12H,5,8H2,1-3,6-7H3;2*1H;/q-1;;;;+2/p-2. The van der Waals surface area contributed by atoms with Crippen molar-refractivity contribution in [3.63, 3.8) is 0 Å². The van der Waals surface area contributed by atoms with Gasteiger partial charge in [-0.25, -0.2) is 0 Å². The Labute approximate surface area is 276 Å². The molecule has 0 aliphatic carbocycles. The van der Waals surface area contributed by atoms with Crippen molar-refractivity contribution in [2.45, 2.75) is 87.6 Å². The van der Waals surface area contributed by atoms with E-state index in [2.05, 4.69) is 146 Å². The maximum atomic E-state index is 6.09. The Morgan fingerprint density at radius 3 is 1.67 bits per heavy atom. The summed E-state index contributed by atoms with van der Waals surface area (Å²) in [4.78, 5) is 4.81. The van der Waals surface area contributed by atoms with Crippen molar-refractivity contribution in [1.29, 1.82) is 0 Å². The van der Waals surface area contributed by atoms with E-state index in [4.69, 9.17) is 19.4 Å². The molecule has 0 saturated carbocycles. The molecule has 1 heterocycles. The van der Waals surface area contributed by atoms with Crippen molar-refractivity contribution in [2.24, 2.45) is 0 Å². The fraction of sp³-hybridized carbons (Fsp3) is 0.417. The van der Waals surface area contributed by atoms with Crippen molar-refractivity contribution in [3.05, 3.63) is 95.2 Å². The predicted molar refractivity (Wildman–Crippen MR) is 192 cm³/mol. The fourth-order valence-electron chi connectivity index (χ4n) is 5.92. The Morgan fingerprint density at radius 1 is 0.860 bits per heavy atom. The number of hydrogen-bond donors (Lipinski definition) is 0. The van der Waals surface area contributed by atoms with Gasteiger partial charge < -0.3 is 9.80 Å². The van der Waals surface area contributed by atoms with Crippen LogP contribution < -0.4 is 15.0 Å². The van der Waals surface area contributed by atoms with Gasteiger partial charge >= 0.3 is 138 Å². The summed E-state index contributed by atoms with van der Waals surface area (Å²) in [6.07, 6.45) is 0.260. The fourth-order valence-corrected chi connectivity index (χ4v) is 9.19. The molecule has 0 N–H and O–H groups in total. The third kappa shape index (κ3) is 8.97. The zero-order chi connectivity index (χ0) is 32.2. The second kappa shape index (κ2) is 15.1. The Kier molecular flexibility index (Phi) is 12.6. The zero-order valence-electron chi connectivity index (χ0n) is 28.0. The van der Waals surface area contributed by atoms with E-state index in [-0.39, 0.29) is 6.10 Å². The number of nitrogens with zero attached hydrogens (tertiary/aromatic N) is 2. The molecule has 4 rings (SSSR count). The van der Waals surface area contributed by atoms with Gasteiger partial charge in [0.15, 0.2) is 0 Å². The van der Waals surface area contributed by atoms with Crippen molar-refractivity contribution in [2.75, 3.05) is 22.9 Å². The molecule has 1 aliphatic rings. The molecule has 0 aromatic heterocycles. The normalized spacial score (nSPS) is 13.7. The average Bonchev–Trinajstić information content (AvgIpc) is 3.36. The molecule has 238 valence electrons. The molecule has 1 saturated heterocycles. The van der Waals surface area contributed by atoms with Crippen LogP contribution in [-0.2, 0) is 17.9 Å². The third-order valence-corrected chi connectivity index (χ3v) is 13.9. The van der Waals surface area contributed by atoms with E-state index < -0.39 is 21.6 Å². The first-order chi connectivity index (χ1) is 20.0. The first kappa shape index (κ1) is 35.8. The molecular formula is C36H51Cl2N2ORuSi-. The van der Waals surface area contributed by atoms with Crippen molar-refractivity contribution < 1.29 is 17.9 Å². The van der Waals surface area contributed by atoms with E-state index in [0.29, 0.717) is 0 Å². The average molecular weight is 728 g/mol. The second-order valence-corrected chi connectivity index (χ2v) is 23.5. The van der Waals surface area contributed by atoms with Crippen LogP contribution in [0.1, 0.15) is 59.7 Å². The molecular weight excluding hydrogens is 676 g/mol. The molecule has 3 nitrogen and oxygen atoms in total. The minimum atomic E-state index is -1.86. The van der Waals surface area contributed by atoms with Crippen molar-refractivity contribution in [3.8, 4) is 5.75 Å². The van der Waals surface area contributed by atoms with E-state index in [9.17, 15) is 0 Å². The van der Waals surface area contributed by atoms with Crippen molar-refractivity contribution in [1.82, 2.24) is 0 Å². The summed E-state index contributed by atoms with van der Waals surface area (Å²) in [6, 6.07) is 17.0. The monoisotopic (exact) mass is 727 g/mol. The van der Waals surface area contributed by atoms with Crippen molar-refractivity contribution >= 4 is 48.6 Å². The molecule has 1 fully saturated rings. The first-order valence-electron chi connectivity index (χ1n) is 15.1. The van der Waals surface area contributed by atoms with Crippen LogP contribution in [0.15, 0.2) is 42.5 Å². The maximum absolute atomic E-state index is 6.09. The van der Waals surface area contributed by atoms with Gasteiger partial charge in [-0.2, -0.15) is 6.67 Å². The van der Waals surface area contributed by atoms with Gasteiger partial charge in [-0.05, 0) is 63.8 Å². The molecule has 43 heavy (non-hydrogen) atoms. The van der Waals surface area contributed by atoms with Crippen LogP contribution in [0.3, 0.4) is 0 Å². The Bertz CT molecular complexity index is 1360. The van der Waals surface area contributed by atoms with E-state index in [0.717, 1.165) is 24.4 Å². The molecule has 1 aliphatic heterocycles. The molecule has 0 radical (unpaired) electrons. The summed E-state index contributed by atoms with van der Waals surface area (Å²) in [6.45, 7) is 28.8. The van der Waals surface area contributed by atoms with Crippen LogP contribution in [0.25, 0.3) is 0 Å². The topological polar surface area (TPSA) is 9.18 Å². The quantitative estimate of drug-likeness (QED) is 0.136. The number of rotatable bonds is 7. The van der Waals surface area contributed by atoms with Gasteiger partial charge in [-0.15, -0.1) is 0 Å². The van der Waals surface area contributed by atoms with Gasteiger partial charge in [-0.1, -0.05) is 35.4 Å². The van der Waals surface area contributed by atoms with Crippen LogP contribution in [0, 0.1) is 55.3 Å². The van der Waals surface area contributed by atoms with E-state index in [1.54, 1.807) is 0 Å². The van der Waals surface area contributed by atoms with Gasteiger partial charge in [0.2, 0.25) is 0 Å². The minimum absolute atomic E-state index is 0.260. The van der Waals surface area contributed by atoms with Gasteiger partial charge in [-0.3, -0.25) is 0 Å². The molecule has 3 aromatic rings. The Morgan fingerprint density at radius 2 is 1.30 bits per heavy atom. The summed E-state index contributed by atoms with van der Waals surface area (Å²) >= 11 is -1.86. The van der Waals surface area contributed by atoms with E-state index >= 15 is 0 Å². The van der Waals surface area contributed by atoms with Crippen LogP contribution in [0.4, 0.5) is 11.4 Å². The molecule has 0 amide bonds. The van der Waals surface area contributed by atoms with Gasteiger partial charge in [0.05, 0.1) is 0 Å². The summed E-state index contributed by atoms with van der Waals surface area (Å²) in [5.74, 6) is 1.03. The molecule has 0 spiro atoms. The molecule has 0 atom stereocenters. The van der Waals surface area contributed by atoms with Gasteiger partial charge in [0, 0.05) is 24.5 Å². The SMILES string of the molecule is Cc1cc(C)c(N2[CH-]N(c3c(C)cc(C)cc3C)CC2)c(C)c1.[CH2-][O+](c1ccc([Si](C)(C)CC)cc1[CH]=[Ru]([Cl])[Cl])C(C)C. The molecule has 0 unspecified atom stereocenters. The first-order valence-corrected chi connectivity index (χ1v) is 23.8. The summed E-state index contributed by atoms with van der Waals surface area (Å²) < 4.78 is 4.92. The van der Waals surface area contributed by atoms with Crippen LogP contribution in [0.2, 0.25) is 19.1 Å². The molecule has 0 bridgehead atoms. The number of benzene rings is 3. The molecule has 3 aromatic carbocycles. The van der Waals surface area contributed by atoms with Gasteiger partial charge in [0.1, 0.15) is 0 Å². The number of anilines is 2. The van der Waals surface area contributed by atoms with E-state index in [1.165, 1.54) is 56.0 Å². The molecule has 7 heteroatoms. The van der Waals surface area contributed by atoms with E-state index in [1.807, 2.05) is 4.61 Å². The number of aryl methyl sites for hydroxylation is 6. The number of halogens is 2. The summed E-state index contributed by atoms with van der Waals surface area (Å²) in [5, 5.41) is 1.44. The zero-order valence-corrected chi connectivity index (χ0v) is 32.3. The number of hydrogen-bond acceptors (Lipinski definition) is 2. The van der Waals surface area contributed by atoms with Crippen LogP contribution >= 0.6 is 19.4 Å². The van der Waals surface area contributed by atoms with Gasteiger partial charge in [0.25, 0.3) is 0 Å². The Balaban J connectivity index is 0.000000238. The third-order valence-electron chi connectivity index (χ3n) is 8.42. The summed E-state index contributed by atoms with van der Waals surface area (Å²) in [5.41, 5.74) is 11.9. The van der Waals surface area contributed by atoms with Crippen LogP contribution in [-0.4, -0.2) is 31.9 Å². The van der Waals surface area contributed by atoms with Crippen LogP contribution in [0.5, 0.6) is 5.75 Å². The second-order valence-electron chi connectivity index (χ2n) is 12.8. The predicted octanol–water partition coefficient (Wildman–Crippen LogP) is 10.1.